The Morgan fingerprint density at radius 2 is 2.00 bits per heavy atom. The fourth-order valence-electron chi connectivity index (χ4n) is 3.23. The monoisotopic (exact) mass is 386 g/mol. The molecule has 1 aliphatic heterocycles. The fraction of sp³-hybridized carbons (Fsp3) is 0.158. The summed E-state index contributed by atoms with van der Waals surface area (Å²) < 4.78 is 13.4. The number of thiocarbonyl (C=S) groups is 1. The van der Waals surface area contributed by atoms with Crippen LogP contribution in [-0.4, -0.2) is 26.5 Å². The second kappa shape index (κ2) is 7.05. The first kappa shape index (κ1) is 17.0. The quantitative estimate of drug-likeness (QED) is 0.634. The van der Waals surface area contributed by atoms with E-state index in [4.69, 9.17) is 23.8 Å². The highest BCUT2D eigenvalue weighted by Gasteiger charge is 2.32. The van der Waals surface area contributed by atoms with Crippen molar-refractivity contribution in [2.24, 2.45) is 0 Å². The normalized spacial score (nSPS) is 16.2. The number of nitrogens with zero attached hydrogens (tertiary/aromatic N) is 2. The van der Waals surface area contributed by atoms with Crippen LogP contribution in [0.5, 0.6) is 0 Å². The van der Waals surface area contributed by atoms with E-state index in [2.05, 4.69) is 20.2 Å². The van der Waals surface area contributed by atoms with E-state index in [1.54, 1.807) is 18.5 Å². The van der Waals surface area contributed by atoms with Crippen LogP contribution < -0.4 is 5.32 Å². The standard InChI is InChI=1S/C19H16ClFN4S/c20-14-3-1-2-4-15(14)24-19(26)25-10-9-16-17(23-11-22-16)18(25)12-5-7-13(21)8-6-12/h1-8,11,18H,9-10H2,(H,22,23)(H,24,26)/t18-/m0/s1. The molecule has 0 spiro atoms. The van der Waals surface area contributed by atoms with Crippen molar-refractivity contribution in [3.63, 3.8) is 0 Å². The Kier molecular flexibility index (Phi) is 4.61. The maximum absolute atomic E-state index is 13.4. The van der Waals surface area contributed by atoms with Crippen molar-refractivity contribution in [3.8, 4) is 0 Å². The van der Waals surface area contributed by atoms with E-state index in [0.29, 0.717) is 16.7 Å². The van der Waals surface area contributed by atoms with Crippen molar-refractivity contribution in [2.75, 3.05) is 11.9 Å². The summed E-state index contributed by atoms with van der Waals surface area (Å²) in [6.45, 7) is 0.716. The summed E-state index contributed by atoms with van der Waals surface area (Å²) >= 11 is 11.9. The highest BCUT2D eigenvalue weighted by atomic mass is 35.5. The Labute approximate surface area is 161 Å². The minimum atomic E-state index is -0.268. The van der Waals surface area contributed by atoms with Gasteiger partial charge in [-0.1, -0.05) is 35.9 Å². The van der Waals surface area contributed by atoms with Gasteiger partial charge in [0.2, 0.25) is 0 Å². The molecule has 0 fully saturated rings. The molecule has 1 atom stereocenters. The van der Waals surface area contributed by atoms with Gasteiger partial charge in [0.15, 0.2) is 5.11 Å². The fourth-order valence-corrected chi connectivity index (χ4v) is 3.72. The number of para-hydroxylation sites is 1. The zero-order valence-electron chi connectivity index (χ0n) is 13.7. The van der Waals surface area contributed by atoms with Gasteiger partial charge in [0.1, 0.15) is 11.9 Å². The van der Waals surface area contributed by atoms with Crippen molar-refractivity contribution >= 4 is 34.6 Å². The smallest absolute Gasteiger partial charge is 0.174 e. The van der Waals surface area contributed by atoms with Crippen molar-refractivity contribution in [2.45, 2.75) is 12.5 Å². The number of hydrogen-bond acceptors (Lipinski definition) is 2. The number of H-pyrrole nitrogens is 1. The van der Waals surface area contributed by atoms with Crippen LogP contribution in [0.2, 0.25) is 5.02 Å². The molecule has 3 aromatic rings. The molecule has 0 unspecified atom stereocenters. The number of aromatic amines is 1. The average Bonchev–Trinajstić information content (AvgIpc) is 3.12. The van der Waals surface area contributed by atoms with Crippen LogP contribution in [-0.2, 0) is 6.42 Å². The predicted octanol–water partition coefficient (Wildman–Crippen LogP) is 4.55. The largest absolute Gasteiger partial charge is 0.348 e. The average molecular weight is 387 g/mol. The van der Waals surface area contributed by atoms with Crippen LogP contribution >= 0.6 is 23.8 Å². The lowest BCUT2D eigenvalue weighted by atomic mass is 9.96. The summed E-state index contributed by atoms with van der Waals surface area (Å²) in [5.74, 6) is -0.268. The molecule has 26 heavy (non-hydrogen) atoms. The first-order valence-corrected chi connectivity index (χ1v) is 9.02. The molecule has 0 saturated heterocycles. The van der Waals surface area contributed by atoms with Crippen LogP contribution in [0.15, 0.2) is 54.9 Å². The molecular weight excluding hydrogens is 371 g/mol. The number of imidazole rings is 1. The molecule has 0 radical (unpaired) electrons. The van der Waals surface area contributed by atoms with Crippen LogP contribution in [0, 0.1) is 5.82 Å². The maximum atomic E-state index is 13.4. The number of anilines is 1. The van der Waals surface area contributed by atoms with E-state index in [1.165, 1.54) is 12.1 Å². The van der Waals surface area contributed by atoms with Gasteiger partial charge in [-0.25, -0.2) is 9.37 Å². The minimum Gasteiger partial charge on any atom is -0.348 e. The summed E-state index contributed by atoms with van der Waals surface area (Å²) in [6.07, 6.45) is 2.49. The van der Waals surface area contributed by atoms with E-state index in [0.717, 1.165) is 29.1 Å². The zero-order chi connectivity index (χ0) is 18.1. The summed E-state index contributed by atoms with van der Waals surface area (Å²) in [5, 5.41) is 4.39. The van der Waals surface area contributed by atoms with Crippen LogP contribution in [0.3, 0.4) is 0 Å². The summed E-state index contributed by atoms with van der Waals surface area (Å²) in [7, 11) is 0. The van der Waals surface area contributed by atoms with Gasteiger partial charge in [-0.3, -0.25) is 0 Å². The first-order chi connectivity index (χ1) is 12.6. The lowest BCUT2D eigenvalue weighted by Gasteiger charge is -2.37. The molecule has 2 N–H and O–H groups in total. The molecule has 4 rings (SSSR count). The second-order valence-corrected chi connectivity index (χ2v) is 6.87. The molecule has 7 heteroatoms. The Morgan fingerprint density at radius 3 is 2.77 bits per heavy atom. The molecule has 0 saturated carbocycles. The van der Waals surface area contributed by atoms with E-state index < -0.39 is 0 Å². The van der Waals surface area contributed by atoms with Gasteiger partial charge in [-0.15, -0.1) is 0 Å². The lowest BCUT2D eigenvalue weighted by Crippen LogP contribution is -2.43. The van der Waals surface area contributed by atoms with Gasteiger partial charge in [0.05, 0.1) is 22.7 Å². The number of hydrogen-bond donors (Lipinski definition) is 2. The van der Waals surface area contributed by atoms with Gasteiger partial charge in [-0.2, -0.15) is 0 Å². The molecule has 4 nitrogen and oxygen atoms in total. The number of aromatic nitrogens is 2. The Hall–Kier alpha value is -2.44. The van der Waals surface area contributed by atoms with Crippen molar-refractivity contribution in [1.82, 2.24) is 14.9 Å². The van der Waals surface area contributed by atoms with Gasteiger partial charge in [-0.05, 0) is 42.0 Å². The third-order valence-corrected chi connectivity index (χ3v) is 5.15. The third-order valence-electron chi connectivity index (χ3n) is 4.49. The minimum absolute atomic E-state index is 0.187. The Morgan fingerprint density at radius 1 is 1.23 bits per heavy atom. The van der Waals surface area contributed by atoms with Gasteiger partial charge < -0.3 is 15.2 Å². The molecule has 132 valence electrons. The van der Waals surface area contributed by atoms with Crippen LogP contribution in [0.25, 0.3) is 0 Å². The van der Waals surface area contributed by atoms with E-state index in [1.807, 2.05) is 24.3 Å². The van der Waals surface area contributed by atoms with Crippen molar-refractivity contribution < 1.29 is 4.39 Å². The number of benzene rings is 2. The zero-order valence-corrected chi connectivity index (χ0v) is 15.3. The second-order valence-electron chi connectivity index (χ2n) is 6.07. The molecule has 0 amide bonds. The Balaban J connectivity index is 1.68. The molecule has 2 heterocycles. The van der Waals surface area contributed by atoms with E-state index in [-0.39, 0.29) is 11.9 Å². The number of halogens is 2. The SMILES string of the molecule is Fc1ccc([C@H]2c3nc[nH]c3CCN2C(=S)Nc2ccccc2Cl)cc1. The van der Waals surface area contributed by atoms with Crippen molar-refractivity contribution in [1.29, 1.82) is 0 Å². The molecular formula is C19H16ClFN4S. The van der Waals surface area contributed by atoms with Crippen LogP contribution in [0.1, 0.15) is 23.0 Å². The Bertz CT molecular complexity index is 941. The van der Waals surface area contributed by atoms with Crippen LogP contribution in [0.4, 0.5) is 10.1 Å². The maximum Gasteiger partial charge on any atom is 0.174 e. The lowest BCUT2D eigenvalue weighted by molar-refractivity contribution is 0.336. The topological polar surface area (TPSA) is 44.0 Å². The molecule has 2 aromatic carbocycles. The molecule has 1 aromatic heterocycles. The van der Waals surface area contributed by atoms with Gasteiger partial charge >= 0.3 is 0 Å². The number of rotatable bonds is 2. The number of nitrogens with one attached hydrogen (secondary N) is 2. The van der Waals surface area contributed by atoms with Gasteiger partial charge in [0, 0.05) is 18.7 Å². The molecule has 0 aliphatic carbocycles. The summed E-state index contributed by atoms with van der Waals surface area (Å²) in [4.78, 5) is 9.74. The summed E-state index contributed by atoms with van der Waals surface area (Å²) in [5.41, 5.74) is 3.68. The molecule has 0 bridgehead atoms. The molecule has 1 aliphatic rings. The van der Waals surface area contributed by atoms with E-state index >= 15 is 0 Å². The predicted molar refractivity (Wildman–Crippen MR) is 105 cm³/mol. The summed E-state index contributed by atoms with van der Waals surface area (Å²) in [6, 6.07) is 13.7. The number of fused-ring (bicyclic) bond motifs is 1. The van der Waals surface area contributed by atoms with E-state index in [9.17, 15) is 4.39 Å². The highest BCUT2D eigenvalue weighted by molar-refractivity contribution is 7.80. The van der Waals surface area contributed by atoms with Crippen molar-refractivity contribution in [3.05, 3.63) is 82.6 Å². The third kappa shape index (κ3) is 3.18. The highest BCUT2D eigenvalue weighted by Crippen LogP contribution is 2.34. The van der Waals surface area contributed by atoms with Gasteiger partial charge in [0.25, 0.3) is 0 Å². The first-order valence-electron chi connectivity index (χ1n) is 8.23.